The molecule has 2 aromatic rings. The van der Waals surface area contributed by atoms with Crippen molar-refractivity contribution >= 4 is 10.9 Å². The standard InChI is InChI=1S/C15H22N2O/c1-10-8-12(18-4)9-13-11(2)14(6-5-7-16)17(3)15(10)13/h8-9H,5-7,16H2,1-4H3. The van der Waals surface area contributed by atoms with Gasteiger partial charge in [0.15, 0.2) is 0 Å². The Balaban J connectivity index is 2.65. The van der Waals surface area contributed by atoms with Crippen molar-refractivity contribution in [2.45, 2.75) is 26.7 Å². The van der Waals surface area contributed by atoms with Crippen molar-refractivity contribution in [3.05, 3.63) is 29.0 Å². The molecule has 2 rings (SSSR count). The van der Waals surface area contributed by atoms with Gasteiger partial charge in [0, 0.05) is 18.1 Å². The molecule has 1 heterocycles. The lowest BCUT2D eigenvalue weighted by Crippen LogP contribution is -2.04. The number of benzene rings is 1. The Hall–Kier alpha value is -1.48. The lowest BCUT2D eigenvalue weighted by Gasteiger charge is -2.07. The summed E-state index contributed by atoms with van der Waals surface area (Å²) in [5.74, 6) is 0.930. The molecule has 3 nitrogen and oxygen atoms in total. The maximum absolute atomic E-state index is 5.62. The summed E-state index contributed by atoms with van der Waals surface area (Å²) in [5, 5.41) is 1.29. The van der Waals surface area contributed by atoms with E-state index in [2.05, 4.69) is 37.6 Å². The number of methoxy groups -OCH3 is 1. The number of ether oxygens (including phenoxy) is 1. The molecule has 0 aliphatic rings. The molecule has 0 radical (unpaired) electrons. The third kappa shape index (κ3) is 1.99. The van der Waals surface area contributed by atoms with E-state index in [1.54, 1.807) is 7.11 Å². The van der Waals surface area contributed by atoms with Crippen molar-refractivity contribution in [3.63, 3.8) is 0 Å². The second-order valence-electron chi connectivity index (χ2n) is 4.86. The molecule has 0 amide bonds. The largest absolute Gasteiger partial charge is 0.497 e. The summed E-state index contributed by atoms with van der Waals surface area (Å²) in [5.41, 5.74) is 10.9. The second kappa shape index (κ2) is 5.02. The van der Waals surface area contributed by atoms with E-state index < -0.39 is 0 Å². The number of nitrogens with zero attached hydrogens (tertiary/aromatic N) is 1. The van der Waals surface area contributed by atoms with Crippen molar-refractivity contribution in [1.82, 2.24) is 4.57 Å². The van der Waals surface area contributed by atoms with Gasteiger partial charge in [-0.2, -0.15) is 0 Å². The molecular weight excluding hydrogens is 224 g/mol. The average Bonchev–Trinajstić information content (AvgIpc) is 2.60. The molecule has 0 unspecified atom stereocenters. The molecule has 0 fully saturated rings. The second-order valence-corrected chi connectivity index (χ2v) is 4.86. The quantitative estimate of drug-likeness (QED) is 0.901. The average molecular weight is 246 g/mol. The summed E-state index contributed by atoms with van der Waals surface area (Å²) in [6.45, 7) is 5.06. The molecule has 1 aromatic heterocycles. The number of fused-ring (bicyclic) bond motifs is 1. The lowest BCUT2D eigenvalue weighted by molar-refractivity contribution is 0.415. The predicted molar refractivity (Wildman–Crippen MR) is 76.3 cm³/mol. The van der Waals surface area contributed by atoms with E-state index in [4.69, 9.17) is 10.5 Å². The topological polar surface area (TPSA) is 40.2 Å². The van der Waals surface area contributed by atoms with Crippen molar-refractivity contribution in [2.75, 3.05) is 13.7 Å². The Kier molecular flexibility index (Phi) is 3.62. The van der Waals surface area contributed by atoms with Gasteiger partial charge in [0.05, 0.1) is 12.6 Å². The number of nitrogens with two attached hydrogens (primary N) is 1. The molecule has 1 aromatic carbocycles. The predicted octanol–water partition coefficient (Wildman–Crippen LogP) is 2.70. The van der Waals surface area contributed by atoms with Crippen LogP contribution < -0.4 is 10.5 Å². The first-order valence-electron chi connectivity index (χ1n) is 6.42. The number of rotatable bonds is 4. The summed E-state index contributed by atoms with van der Waals surface area (Å²) in [6, 6.07) is 4.22. The number of aryl methyl sites for hydroxylation is 3. The monoisotopic (exact) mass is 246 g/mol. The van der Waals surface area contributed by atoms with E-state index >= 15 is 0 Å². The van der Waals surface area contributed by atoms with Crippen LogP contribution in [0.5, 0.6) is 5.75 Å². The van der Waals surface area contributed by atoms with Crippen molar-refractivity contribution < 1.29 is 4.74 Å². The first-order chi connectivity index (χ1) is 8.60. The van der Waals surface area contributed by atoms with Crippen LogP contribution in [0.3, 0.4) is 0 Å². The molecule has 0 spiro atoms. The summed E-state index contributed by atoms with van der Waals surface area (Å²) in [7, 11) is 3.86. The van der Waals surface area contributed by atoms with Crippen LogP contribution in [0.25, 0.3) is 10.9 Å². The minimum Gasteiger partial charge on any atom is -0.497 e. The molecule has 3 heteroatoms. The lowest BCUT2D eigenvalue weighted by atomic mass is 10.1. The van der Waals surface area contributed by atoms with E-state index in [1.807, 2.05) is 0 Å². The highest BCUT2D eigenvalue weighted by atomic mass is 16.5. The normalized spacial score (nSPS) is 11.2. The first-order valence-corrected chi connectivity index (χ1v) is 6.42. The van der Waals surface area contributed by atoms with Crippen LogP contribution in [0, 0.1) is 13.8 Å². The number of hydrogen-bond donors (Lipinski definition) is 1. The third-order valence-electron chi connectivity index (χ3n) is 3.70. The molecule has 0 aliphatic carbocycles. The maximum atomic E-state index is 5.62. The zero-order chi connectivity index (χ0) is 13.3. The minimum absolute atomic E-state index is 0.739. The van der Waals surface area contributed by atoms with Crippen LogP contribution in [0.1, 0.15) is 23.2 Å². The molecule has 98 valence electrons. The van der Waals surface area contributed by atoms with E-state index in [0.717, 1.165) is 25.1 Å². The third-order valence-corrected chi connectivity index (χ3v) is 3.70. The van der Waals surface area contributed by atoms with Crippen LogP contribution in [0.15, 0.2) is 12.1 Å². The summed E-state index contributed by atoms with van der Waals surface area (Å²) >= 11 is 0. The molecule has 0 saturated heterocycles. The van der Waals surface area contributed by atoms with Crippen molar-refractivity contribution in [2.24, 2.45) is 12.8 Å². The van der Waals surface area contributed by atoms with Crippen molar-refractivity contribution in [3.8, 4) is 5.75 Å². The molecule has 18 heavy (non-hydrogen) atoms. The maximum Gasteiger partial charge on any atom is 0.119 e. The smallest absolute Gasteiger partial charge is 0.119 e. The SMILES string of the molecule is COc1cc(C)c2c(c1)c(C)c(CCCN)n2C. The molecule has 0 aliphatic heterocycles. The van der Waals surface area contributed by atoms with Crippen molar-refractivity contribution in [1.29, 1.82) is 0 Å². The van der Waals surface area contributed by atoms with Gasteiger partial charge in [-0.3, -0.25) is 0 Å². The van der Waals surface area contributed by atoms with Crippen LogP contribution in [-0.4, -0.2) is 18.2 Å². The van der Waals surface area contributed by atoms with Crippen LogP contribution in [0.2, 0.25) is 0 Å². The Morgan fingerprint density at radius 3 is 2.61 bits per heavy atom. The molecule has 0 saturated carbocycles. The molecule has 2 N–H and O–H groups in total. The summed E-state index contributed by atoms with van der Waals surface area (Å²) < 4.78 is 7.66. The zero-order valence-corrected chi connectivity index (χ0v) is 11.7. The van der Waals surface area contributed by atoms with Gasteiger partial charge in [-0.1, -0.05) is 0 Å². The van der Waals surface area contributed by atoms with Gasteiger partial charge in [-0.15, -0.1) is 0 Å². The Morgan fingerprint density at radius 1 is 1.28 bits per heavy atom. The van der Waals surface area contributed by atoms with Gasteiger partial charge in [0.2, 0.25) is 0 Å². The number of hydrogen-bond acceptors (Lipinski definition) is 2. The van der Waals surface area contributed by atoms with Crippen LogP contribution in [-0.2, 0) is 13.5 Å². The fraction of sp³-hybridized carbons (Fsp3) is 0.467. The Labute approximate surface area is 109 Å². The molecule has 0 atom stereocenters. The van der Waals surface area contributed by atoms with Gasteiger partial charge in [0.1, 0.15) is 5.75 Å². The van der Waals surface area contributed by atoms with Crippen LogP contribution in [0.4, 0.5) is 0 Å². The van der Waals surface area contributed by atoms with Gasteiger partial charge in [-0.05, 0) is 56.5 Å². The number of aromatic nitrogens is 1. The summed E-state index contributed by atoms with van der Waals surface area (Å²) in [4.78, 5) is 0. The molecular formula is C15H22N2O. The first kappa shape index (κ1) is 13.0. The fourth-order valence-corrected chi connectivity index (χ4v) is 2.76. The van der Waals surface area contributed by atoms with Crippen LogP contribution >= 0.6 is 0 Å². The van der Waals surface area contributed by atoms with E-state index in [-0.39, 0.29) is 0 Å². The van der Waals surface area contributed by atoms with E-state index in [9.17, 15) is 0 Å². The summed E-state index contributed by atoms with van der Waals surface area (Å²) in [6.07, 6.45) is 2.07. The fourth-order valence-electron chi connectivity index (χ4n) is 2.76. The highest BCUT2D eigenvalue weighted by Crippen LogP contribution is 2.31. The van der Waals surface area contributed by atoms with Gasteiger partial charge >= 0.3 is 0 Å². The minimum atomic E-state index is 0.739. The van der Waals surface area contributed by atoms with Gasteiger partial charge in [0.25, 0.3) is 0 Å². The Bertz CT molecular complexity index is 570. The Morgan fingerprint density at radius 2 is 2.00 bits per heavy atom. The molecule has 0 bridgehead atoms. The highest BCUT2D eigenvalue weighted by molar-refractivity contribution is 5.89. The van der Waals surface area contributed by atoms with Gasteiger partial charge in [-0.25, -0.2) is 0 Å². The zero-order valence-electron chi connectivity index (χ0n) is 11.7. The van der Waals surface area contributed by atoms with Gasteiger partial charge < -0.3 is 15.0 Å². The van der Waals surface area contributed by atoms with E-state index in [0.29, 0.717) is 0 Å². The highest BCUT2D eigenvalue weighted by Gasteiger charge is 2.14. The van der Waals surface area contributed by atoms with E-state index in [1.165, 1.54) is 27.7 Å².